The van der Waals surface area contributed by atoms with E-state index in [-0.39, 0.29) is 12.0 Å². The molecule has 0 atom stereocenters. The molecule has 0 amide bonds. The van der Waals surface area contributed by atoms with Crippen LogP contribution in [0.15, 0.2) is 36.5 Å². The molecule has 70 valence electrons. The summed E-state index contributed by atoms with van der Waals surface area (Å²) in [5.41, 5.74) is 0.273. The van der Waals surface area contributed by atoms with E-state index in [1.807, 2.05) is 0 Å². The van der Waals surface area contributed by atoms with Crippen molar-refractivity contribution in [3.05, 3.63) is 36.5 Å². The van der Waals surface area contributed by atoms with E-state index in [2.05, 4.69) is 6.58 Å². The van der Waals surface area contributed by atoms with Gasteiger partial charge in [-0.05, 0) is 23.2 Å². The van der Waals surface area contributed by atoms with Crippen molar-refractivity contribution in [2.75, 3.05) is 0 Å². The number of rotatable bonds is 5. The zero-order chi connectivity index (χ0) is 10.3. The third-order valence-electron chi connectivity index (χ3n) is 1.10. The van der Waals surface area contributed by atoms with Crippen LogP contribution in [0.1, 0.15) is 6.42 Å². The molecule has 0 aliphatic rings. The van der Waals surface area contributed by atoms with Crippen LogP contribution in [0, 0.1) is 0 Å². The van der Waals surface area contributed by atoms with Crippen molar-refractivity contribution < 1.29 is 9.59 Å². The molecule has 0 unspecified atom stereocenters. The Bertz CT molecular complexity index is 277. The van der Waals surface area contributed by atoms with Gasteiger partial charge in [0.1, 0.15) is 0 Å². The van der Waals surface area contributed by atoms with Crippen molar-refractivity contribution in [1.29, 1.82) is 0 Å². The van der Waals surface area contributed by atoms with Gasteiger partial charge < -0.3 is 0 Å². The van der Waals surface area contributed by atoms with Gasteiger partial charge in [0, 0.05) is 12.0 Å². The second-order valence-corrected chi connectivity index (χ2v) is 2.86. The smallest absolute Gasteiger partial charge is 0.252 e. The van der Waals surface area contributed by atoms with Crippen molar-refractivity contribution in [3.8, 4) is 0 Å². The molecule has 13 heavy (non-hydrogen) atoms. The molecule has 0 saturated carbocycles. The lowest BCUT2D eigenvalue weighted by Crippen LogP contribution is -1.89. The SMILES string of the molecule is C=C/C=C(\C=C/CC(=O)Cl)C(=O)Cl. The van der Waals surface area contributed by atoms with E-state index in [4.69, 9.17) is 23.2 Å². The maximum absolute atomic E-state index is 10.7. The van der Waals surface area contributed by atoms with E-state index >= 15 is 0 Å². The predicted octanol–water partition coefficient (Wildman–Crippen LogP) is 2.58. The first-order chi connectivity index (χ1) is 6.07. The molecule has 0 fully saturated rings. The zero-order valence-corrected chi connectivity index (χ0v) is 8.31. The molecule has 0 spiro atoms. The molecule has 0 aromatic rings. The molecule has 0 N–H and O–H groups in total. The molecule has 4 heteroatoms. The summed E-state index contributed by atoms with van der Waals surface area (Å²) in [6, 6.07) is 0. The van der Waals surface area contributed by atoms with Gasteiger partial charge in [-0.25, -0.2) is 0 Å². The highest BCUT2D eigenvalue weighted by molar-refractivity contribution is 6.68. The highest BCUT2D eigenvalue weighted by Crippen LogP contribution is 2.04. The number of carbonyl (C=O) groups is 2. The van der Waals surface area contributed by atoms with Gasteiger partial charge in [0.05, 0.1) is 0 Å². The highest BCUT2D eigenvalue weighted by atomic mass is 35.5. The third-order valence-corrected chi connectivity index (χ3v) is 1.47. The van der Waals surface area contributed by atoms with Crippen molar-refractivity contribution in [3.63, 3.8) is 0 Å². The Hall–Kier alpha value is -0.860. The first-order valence-corrected chi connectivity index (χ1v) is 4.21. The molecule has 0 radical (unpaired) electrons. The van der Waals surface area contributed by atoms with E-state index in [0.29, 0.717) is 0 Å². The lowest BCUT2D eigenvalue weighted by atomic mass is 10.2. The van der Waals surface area contributed by atoms with Gasteiger partial charge >= 0.3 is 0 Å². The molecule has 0 bridgehead atoms. The van der Waals surface area contributed by atoms with Crippen LogP contribution in [0.2, 0.25) is 0 Å². The fraction of sp³-hybridized carbons (Fsp3) is 0.111. The minimum absolute atomic E-state index is 0.0697. The standard InChI is InChI=1S/C9H8Cl2O2/c1-2-4-7(9(11)13)5-3-6-8(10)12/h2-5H,1,6H2/b5-3-,7-4+. The van der Waals surface area contributed by atoms with Gasteiger partial charge in [0.15, 0.2) is 0 Å². The summed E-state index contributed by atoms with van der Waals surface area (Å²) in [6.45, 7) is 3.41. The van der Waals surface area contributed by atoms with Gasteiger partial charge in [0.2, 0.25) is 5.24 Å². The first kappa shape index (κ1) is 12.1. The first-order valence-electron chi connectivity index (χ1n) is 3.45. The molecule has 0 aliphatic carbocycles. The van der Waals surface area contributed by atoms with E-state index < -0.39 is 10.5 Å². The van der Waals surface area contributed by atoms with E-state index in [0.717, 1.165) is 0 Å². The summed E-state index contributed by atoms with van der Waals surface area (Å²) in [5.74, 6) is 0. The minimum Gasteiger partial charge on any atom is -0.281 e. The minimum atomic E-state index is -0.599. The van der Waals surface area contributed by atoms with Crippen LogP contribution in [0.3, 0.4) is 0 Å². The second kappa shape index (κ2) is 6.63. The summed E-state index contributed by atoms with van der Waals surface area (Å²) in [7, 11) is 0. The molecule has 0 heterocycles. The highest BCUT2D eigenvalue weighted by Gasteiger charge is 1.99. The molecule has 0 aliphatic heterocycles. The van der Waals surface area contributed by atoms with Crippen molar-refractivity contribution in [2.24, 2.45) is 0 Å². The number of halogens is 2. The fourth-order valence-electron chi connectivity index (χ4n) is 0.592. The molecule has 0 rings (SSSR count). The molecule has 0 saturated heterocycles. The quantitative estimate of drug-likeness (QED) is 0.404. The third kappa shape index (κ3) is 6.31. The summed E-state index contributed by atoms with van der Waals surface area (Å²) in [4.78, 5) is 21.0. The van der Waals surface area contributed by atoms with Crippen LogP contribution in [-0.4, -0.2) is 10.5 Å². The maximum Gasteiger partial charge on any atom is 0.252 e. The topological polar surface area (TPSA) is 34.1 Å². The molecular formula is C9H8Cl2O2. The lowest BCUT2D eigenvalue weighted by molar-refractivity contribution is -0.111. The van der Waals surface area contributed by atoms with Gasteiger partial charge in [-0.15, -0.1) is 0 Å². The number of allylic oxidation sites excluding steroid dienone is 5. The Balaban J connectivity index is 4.35. The summed E-state index contributed by atoms with van der Waals surface area (Å²) in [6.07, 6.45) is 5.84. The van der Waals surface area contributed by atoms with Gasteiger partial charge in [-0.2, -0.15) is 0 Å². The average Bonchev–Trinajstić information content (AvgIpc) is 2.02. The monoisotopic (exact) mass is 218 g/mol. The van der Waals surface area contributed by atoms with Crippen LogP contribution in [0.4, 0.5) is 0 Å². The normalized spacial score (nSPS) is 11.7. The Morgan fingerprint density at radius 3 is 2.31 bits per heavy atom. The van der Waals surface area contributed by atoms with Crippen LogP contribution in [0.5, 0.6) is 0 Å². The van der Waals surface area contributed by atoms with Crippen molar-refractivity contribution in [2.45, 2.75) is 6.42 Å². The van der Waals surface area contributed by atoms with Crippen LogP contribution >= 0.6 is 23.2 Å². The van der Waals surface area contributed by atoms with Gasteiger partial charge in [0.25, 0.3) is 5.24 Å². The Morgan fingerprint density at radius 1 is 1.31 bits per heavy atom. The predicted molar refractivity (Wildman–Crippen MR) is 53.8 cm³/mol. The summed E-state index contributed by atoms with van der Waals surface area (Å²) < 4.78 is 0. The molecular weight excluding hydrogens is 211 g/mol. The Kier molecular flexibility index (Phi) is 6.20. The van der Waals surface area contributed by atoms with E-state index in [9.17, 15) is 9.59 Å². The zero-order valence-electron chi connectivity index (χ0n) is 6.80. The summed E-state index contributed by atoms with van der Waals surface area (Å²) >= 11 is 10.3. The maximum atomic E-state index is 10.7. The number of carbonyl (C=O) groups excluding carboxylic acids is 2. The average molecular weight is 219 g/mol. The van der Waals surface area contributed by atoms with Crippen LogP contribution < -0.4 is 0 Å². The molecule has 0 aromatic carbocycles. The van der Waals surface area contributed by atoms with E-state index in [1.54, 1.807) is 0 Å². The summed E-state index contributed by atoms with van der Waals surface area (Å²) in [5, 5.41) is -1.09. The van der Waals surface area contributed by atoms with Gasteiger partial charge in [-0.1, -0.05) is 30.9 Å². The Labute approximate surface area is 86.5 Å². The van der Waals surface area contributed by atoms with Gasteiger partial charge in [-0.3, -0.25) is 9.59 Å². The number of hydrogen-bond acceptors (Lipinski definition) is 2. The van der Waals surface area contributed by atoms with E-state index in [1.165, 1.54) is 24.3 Å². The second-order valence-electron chi connectivity index (χ2n) is 2.09. The lowest BCUT2D eigenvalue weighted by Gasteiger charge is -1.90. The Morgan fingerprint density at radius 2 is 1.92 bits per heavy atom. The van der Waals surface area contributed by atoms with Crippen LogP contribution in [0.25, 0.3) is 0 Å². The largest absolute Gasteiger partial charge is 0.281 e. The number of hydrogen-bond donors (Lipinski definition) is 0. The van der Waals surface area contributed by atoms with Crippen molar-refractivity contribution >= 4 is 33.7 Å². The molecule has 2 nitrogen and oxygen atoms in total. The van der Waals surface area contributed by atoms with Crippen molar-refractivity contribution in [1.82, 2.24) is 0 Å². The molecule has 0 aromatic heterocycles. The fourth-order valence-corrected chi connectivity index (χ4v) is 0.807. The van der Waals surface area contributed by atoms with Crippen LogP contribution in [-0.2, 0) is 9.59 Å².